The lowest BCUT2D eigenvalue weighted by molar-refractivity contribution is 0.0447. The van der Waals surface area contributed by atoms with E-state index in [9.17, 15) is 9.50 Å². The van der Waals surface area contributed by atoms with Gasteiger partial charge < -0.3 is 15.6 Å². The predicted molar refractivity (Wildman–Crippen MR) is 80.5 cm³/mol. The monoisotopic (exact) mass is 315 g/mol. The highest BCUT2D eigenvalue weighted by Crippen LogP contribution is 2.38. The number of nitrogens with zero attached hydrogens (tertiary/aromatic N) is 4. The van der Waals surface area contributed by atoms with Gasteiger partial charge in [-0.3, -0.25) is 0 Å². The number of fused-ring (bicyclic) bond motifs is 1. The minimum absolute atomic E-state index is 0.0339. The van der Waals surface area contributed by atoms with E-state index >= 15 is 0 Å². The Morgan fingerprint density at radius 2 is 2.13 bits per heavy atom. The van der Waals surface area contributed by atoms with Gasteiger partial charge in [-0.05, 0) is 25.0 Å². The molecule has 0 saturated heterocycles. The summed E-state index contributed by atoms with van der Waals surface area (Å²) >= 11 is 0. The second-order valence-corrected chi connectivity index (χ2v) is 5.55. The van der Waals surface area contributed by atoms with Gasteiger partial charge in [-0.2, -0.15) is 0 Å². The predicted octanol–water partition coefficient (Wildman–Crippen LogP) is 2.04. The summed E-state index contributed by atoms with van der Waals surface area (Å²) in [5, 5.41) is 14.4. The van der Waals surface area contributed by atoms with Crippen molar-refractivity contribution < 1.29 is 14.2 Å². The molecule has 1 saturated carbocycles. The molecular formula is C15H14FN5O2. The molecule has 0 unspecified atom stereocenters. The Bertz CT molecular complexity index is 875. The highest BCUT2D eigenvalue weighted by molar-refractivity contribution is 5.90. The summed E-state index contributed by atoms with van der Waals surface area (Å²) < 4.78 is 20.7. The molecule has 0 radical (unpaired) electrons. The Morgan fingerprint density at radius 3 is 2.87 bits per heavy atom. The molecule has 2 aromatic heterocycles. The van der Waals surface area contributed by atoms with Crippen molar-refractivity contribution in [2.45, 2.75) is 25.0 Å². The Hall–Kier alpha value is -2.74. The molecule has 3 N–H and O–H groups in total. The molecule has 0 bridgehead atoms. The lowest BCUT2D eigenvalue weighted by Crippen LogP contribution is -2.31. The average molecular weight is 315 g/mol. The molecule has 0 amide bonds. The molecule has 1 aliphatic rings. The zero-order valence-electron chi connectivity index (χ0n) is 12.1. The zero-order chi connectivity index (χ0) is 16.0. The number of nitrogens with two attached hydrogens (primary N) is 1. The van der Waals surface area contributed by atoms with Crippen LogP contribution in [0.25, 0.3) is 11.0 Å². The summed E-state index contributed by atoms with van der Waals surface area (Å²) in [6.07, 6.45) is 2.22. The number of aliphatic hydroxyl groups is 1. The first-order valence-electron chi connectivity index (χ1n) is 7.22. The third-order valence-electron chi connectivity index (χ3n) is 3.93. The number of ether oxygens (including phenoxy) is 1. The SMILES string of the molecule is Nc1ncnc2c1c(Oc1cccc(F)c1)nn2[C@H]1C[C@@H](O)C1. The third-order valence-corrected chi connectivity index (χ3v) is 3.93. The van der Waals surface area contributed by atoms with Crippen molar-refractivity contribution in [1.82, 2.24) is 19.7 Å². The van der Waals surface area contributed by atoms with Gasteiger partial charge in [-0.15, -0.1) is 5.10 Å². The first-order valence-corrected chi connectivity index (χ1v) is 7.22. The summed E-state index contributed by atoms with van der Waals surface area (Å²) in [7, 11) is 0. The molecule has 23 heavy (non-hydrogen) atoms. The molecule has 2 heterocycles. The van der Waals surface area contributed by atoms with Crippen molar-refractivity contribution >= 4 is 16.9 Å². The molecule has 1 aromatic carbocycles. The van der Waals surface area contributed by atoms with E-state index < -0.39 is 5.82 Å². The quantitative estimate of drug-likeness (QED) is 0.767. The summed E-state index contributed by atoms with van der Waals surface area (Å²) in [5.41, 5.74) is 6.48. The molecule has 8 heteroatoms. The maximum atomic E-state index is 13.3. The topological polar surface area (TPSA) is 99.1 Å². The van der Waals surface area contributed by atoms with Gasteiger partial charge in [0.25, 0.3) is 5.88 Å². The van der Waals surface area contributed by atoms with Crippen molar-refractivity contribution in [2.75, 3.05) is 5.73 Å². The maximum Gasteiger partial charge on any atom is 0.251 e. The fourth-order valence-corrected chi connectivity index (χ4v) is 2.69. The van der Waals surface area contributed by atoms with Gasteiger partial charge in [-0.25, -0.2) is 19.0 Å². The fourth-order valence-electron chi connectivity index (χ4n) is 2.69. The highest BCUT2D eigenvalue weighted by atomic mass is 19.1. The van der Waals surface area contributed by atoms with E-state index in [0.29, 0.717) is 29.6 Å². The summed E-state index contributed by atoms with van der Waals surface area (Å²) in [4.78, 5) is 8.19. The van der Waals surface area contributed by atoms with Gasteiger partial charge in [0.2, 0.25) is 0 Å². The lowest BCUT2D eigenvalue weighted by atomic mass is 9.90. The molecule has 1 fully saturated rings. The minimum Gasteiger partial charge on any atom is -0.437 e. The maximum absolute atomic E-state index is 13.3. The van der Waals surface area contributed by atoms with Crippen LogP contribution >= 0.6 is 0 Å². The Labute approximate surface area is 130 Å². The van der Waals surface area contributed by atoms with Crippen LogP contribution in [0.2, 0.25) is 0 Å². The van der Waals surface area contributed by atoms with Crippen LogP contribution in [-0.2, 0) is 0 Å². The van der Waals surface area contributed by atoms with Crippen molar-refractivity contribution in [1.29, 1.82) is 0 Å². The first-order chi connectivity index (χ1) is 11.1. The Balaban J connectivity index is 1.79. The highest BCUT2D eigenvalue weighted by Gasteiger charge is 2.32. The van der Waals surface area contributed by atoms with Crippen LogP contribution in [0.3, 0.4) is 0 Å². The first kappa shape index (κ1) is 13.9. The molecule has 0 atom stereocenters. The number of hydrogen-bond acceptors (Lipinski definition) is 6. The second kappa shape index (κ2) is 5.17. The van der Waals surface area contributed by atoms with E-state index in [-0.39, 0.29) is 23.8 Å². The molecule has 118 valence electrons. The second-order valence-electron chi connectivity index (χ2n) is 5.55. The van der Waals surface area contributed by atoms with Crippen molar-refractivity contribution in [3.8, 4) is 11.6 Å². The van der Waals surface area contributed by atoms with Crippen molar-refractivity contribution in [3.63, 3.8) is 0 Å². The largest absolute Gasteiger partial charge is 0.437 e. The van der Waals surface area contributed by atoms with Gasteiger partial charge in [0.05, 0.1) is 12.1 Å². The summed E-state index contributed by atoms with van der Waals surface area (Å²) in [5.74, 6) is 0.378. The number of aromatic nitrogens is 4. The standard InChI is InChI=1S/C15H14FN5O2/c16-8-2-1-3-11(4-8)23-15-12-13(17)18-7-19-14(12)21(20-15)9-5-10(22)6-9/h1-4,7,9-10,22H,5-6H2,(H2,17,18,19)/t9-,10+. The number of nitrogen functional groups attached to an aromatic ring is 1. The van der Waals surface area contributed by atoms with Crippen molar-refractivity contribution in [3.05, 3.63) is 36.4 Å². The van der Waals surface area contributed by atoms with Crippen LogP contribution in [0, 0.1) is 5.82 Å². The number of halogens is 1. The summed E-state index contributed by atoms with van der Waals surface area (Å²) in [6.45, 7) is 0. The van der Waals surface area contributed by atoms with Gasteiger partial charge >= 0.3 is 0 Å². The van der Waals surface area contributed by atoms with Crippen LogP contribution in [0.1, 0.15) is 18.9 Å². The number of hydrogen-bond donors (Lipinski definition) is 2. The Kier molecular flexibility index (Phi) is 3.12. The molecule has 7 nitrogen and oxygen atoms in total. The van der Waals surface area contributed by atoms with Crippen LogP contribution < -0.4 is 10.5 Å². The molecule has 4 rings (SSSR count). The van der Waals surface area contributed by atoms with Crippen molar-refractivity contribution in [2.24, 2.45) is 0 Å². The average Bonchev–Trinajstić information content (AvgIpc) is 2.84. The lowest BCUT2D eigenvalue weighted by Gasteiger charge is -2.31. The third kappa shape index (κ3) is 2.36. The smallest absolute Gasteiger partial charge is 0.251 e. The number of benzene rings is 1. The van der Waals surface area contributed by atoms with Gasteiger partial charge in [0.15, 0.2) is 5.65 Å². The molecule has 3 aromatic rings. The number of rotatable bonds is 3. The van der Waals surface area contributed by atoms with Crippen LogP contribution in [-0.4, -0.2) is 31.0 Å². The van der Waals surface area contributed by atoms with Gasteiger partial charge in [0.1, 0.15) is 29.1 Å². The van der Waals surface area contributed by atoms with E-state index in [2.05, 4.69) is 15.1 Å². The summed E-state index contributed by atoms with van der Waals surface area (Å²) in [6, 6.07) is 5.80. The van der Waals surface area contributed by atoms with Crippen LogP contribution in [0.5, 0.6) is 11.6 Å². The van der Waals surface area contributed by atoms with Crippen LogP contribution in [0.15, 0.2) is 30.6 Å². The molecular weight excluding hydrogens is 301 g/mol. The van der Waals surface area contributed by atoms with E-state index in [4.69, 9.17) is 10.5 Å². The zero-order valence-corrected chi connectivity index (χ0v) is 12.1. The number of aliphatic hydroxyl groups excluding tert-OH is 1. The molecule has 0 aliphatic heterocycles. The van der Waals surface area contributed by atoms with E-state index in [0.717, 1.165) is 0 Å². The fraction of sp³-hybridized carbons (Fsp3) is 0.267. The minimum atomic E-state index is -0.405. The molecule has 1 aliphatic carbocycles. The molecule has 0 spiro atoms. The number of anilines is 1. The van der Waals surface area contributed by atoms with Gasteiger partial charge in [-0.1, -0.05) is 6.07 Å². The van der Waals surface area contributed by atoms with E-state index in [1.807, 2.05) is 0 Å². The Morgan fingerprint density at radius 1 is 1.30 bits per heavy atom. The van der Waals surface area contributed by atoms with Gasteiger partial charge in [0, 0.05) is 6.07 Å². The van der Waals surface area contributed by atoms with Crippen LogP contribution in [0.4, 0.5) is 10.2 Å². The van der Waals surface area contributed by atoms with E-state index in [1.165, 1.54) is 18.5 Å². The van der Waals surface area contributed by atoms with E-state index in [1.54, 1.807) is 16.8 Å². The normalized spacial score (nSPS) is 20.4.